The summed E-state index contributed by atoms with van der Waals surface area (Å²) in [6.07, 6.45) is 1.84. The molecule has 0 bridgehead atoms. The molecular formula is C65H47IrN2-. The van der Waals surface area contributed by atoms with Gasteiger partial charge in [0.25, 0.3) is 0 Å². The zero-order valence-corrected chi connectivity index (χ0v) is 40.8. The number of hydrogen-bond donors (Lipinski definition) is 0. The Bertz CT molecular complexity index is 3730. The van der Waals surface area contributed by atoms with E-state index in [0.29, 0.717) is 0 Å². The van der Waals surface area contributed by atoms with Crippen LogP contribution < -0.4 is 0 Å². The molecule has 11 aromatic rings. The van der Waals surface area contributed by atoms with Crippen LogP contribution in [0.3, 0.4) is 0 Å². The predicted molar refractivity (Wildman–Crippen MR) is 280 cm³/mol. The molecule has 0 unspecified atom stereocenters. The standard InChI is InChI=1S/C65H47N2.Ir/c1-64(2)57-23-12-11-22-51(57)54-39-60-55(40-59(54)64)53-36-44(26-29-58(53)65(60,3)4)46-25-28-52-56-37-45(43-20-15-21-47(32-43)61-24-13-14-31-66-61)27-30-62(56)67(63(52)38-46)50-34-48(41-16-7-5-8-17-41)33-49(35-50)42-18-9-6-10-19-42;/h5-20,22-40H,1-4H3;/q-1;. The maximum Gasteiger partial charge on any atom is 0.0547 e. The van der Waals surface area contributed by atoms with E-state index in [1.165, 1.54) is 94.2 Å². The topological polar surface area (TPSA) is 17.8 Å². The Hall–Kier alpha value is -7.42. The van der Waals surface area contributed by atoms with Crippen LogP contribution in [0.15, 0.2) is 212 Å². The van der Waals surface area contributed by atoms with Gasteiger partial charge in [0.05, 0.1) is 11.0 Å². The van der Waals surface area contributed by atoms with Gasteiger partial charge in [-0.2, -0.15) is 0 Å². The summed E-state index contributed by atoms with van der Waals surface area (Å²) in [4.78, 5) is 4.63. The van der Waals surface area contributed by atoms with Gasteiger partial charge in [-0.15, -0.1) is 35.4 Å². The summed E-state index contributed by atoms with van der Waals surface area (Å²) in [6.45, 7) is 9.56. The summed E-state index contributed by atoms with van der Waals surface area (Å²) < 4.78 is 2.49. The molecule has 2 aliphatic carbocycles. The zero-order chi connectivity index (χ0) is 45.0. The van der Waals surface area contributed by atoms with E-state index in [-0.39, 0.29) is 30.9 Å². The zero-order valence-electron chi connectivity index (χ0n) is 38.4. The Balaban J connectivity index is 0.00000480. The number of nitrogens with zero attached hydrogens (tertiary/aromatic N) is 2. The van der Waals surface area contributed by atoms with Gasteiger partial charge in [-0.1, -0.05) is 155 Å². The molecule has 3 heteroatoms. The third-order valence-electron chi connectivity index (χ3n) is 14.9. The van der Waals surface area contributed by atoms with E-state index < -0.39 is 0 Å². The maximum absolute atomic E-state index is 4.63. The van der Waals surface area contributed by atoms with Crippen LogP contribution in [0.1, 0.15) is 49.9 Å². The van der Waals surface area contributed by atoms with Crippen LogP contribution in [0, 0.1) is 6.07 Å². The molecule has 0 spiro atoms. The molecule has 1 radical (unpaired) electrons. The van der Waals surface area contributed by atoms with Crippen LogP contribution in [0.4, 0.5) is 0 Å². The summed E-state index contributed by atoms with van der Waals surface area (Å²) in [6, 6.07) is 79.7. The minimum absolute atomic E-state index is 0. The fourth-order valence-electron chi connectivity index (χ4n) is 11.4. The molecule has 327 valence electrons. The number of rotatable bonds is 6. The van der Waals surface area contributed by atoms with Crippen molar-refractivity contribution in [3.8, 4) is 83.7 Å². The van der Waals surface area contributed by atoms with Crippen molar-refractivity contribution in [2.45, 2.75) is 38.5 Å². The number of aromatic nitrogens is 2. The maximum atomic E-state index is 4.63. The van der Waals surface area contributed by atoms with Gasteiger partial charge in [-0.3, -0.25) is 0 Å². The summed E-state index contributed by atoms with van der Waals surface area (Å²) in [7, 11) is 0. The van der Waals surface area contributed by atoms with E-state index in [2.05, 4.69) is 225 Å². The first-order valence-corrected chi connectivity index (χ1v) is 23.4. The second-order valence-electron chi connectivity index (χ2n) is 19.5. The Labute approximate surface area is 412 Å². The summed E-state index contributed by atoms with van der Waals surface area (Å²) in [5, 5.41) is 2.42. The molecule has 2 aliphatic rings. The van der Waals surface area contributed by atoms with Crippen LogP contribution in [-0.2, 0) is 30.9 Å². The molecule has 0 amide bonds. The van der Waals surface area contributed by atoms with Crippen molar-refractivity contribution in [2.75, 3.05) is 0 Å². The molecule has 2 heterocycles. The SMILES string of the molecule is CC1(C)c2ccccc2-c2cc3c(cc21)-c1cc(-c2ccc4c5cc(-c6cc[c-]c(-c7ccccn7)c6)ccc5n(-c5cc(-c6ccccc6)cc(-c6ccccc6)c5)c4c2)ccc1C3(C)C.[Ir]. The van der Waals surface area contributed by atoms with E-state index in [1.807, 2.05) is 30.5 Å². The van der Waals surface area contributed by atoms with E-state index in [1.54, 1.807) is 0 Å². The molecule has 2 aromatic heterocycles. The van der Waals surface area contributed by atoms with Crippen LogP contribution in [0.25, 0.3) is 106 Å². The van der Waals surface area contributed by atoms with Gasteiger partial charge in [-0.25, -0.2) is 0 Å². The van der Waals surface area contributed by atoms with Gasteiger partial charge in [0.2, 0.25) is 0 Å². The molecule has 0 atom stereocenters. The molecule has 0 saturated carbocycles. The first kappa shape index (κ1) is 42.0. The average Bonchev–Trinajstić information content (AvgIpc) is 3.92. The Morgan fingerprint density at radius 2 is 0.956 bits per heavy atom. The van der Waals surface area contributed by atoms with Crippen molar-refractivity contribution in [3.63, 3.8) is 0 Å². The van der Waals surface area contributed by atoms with Crippen molar-refractivity contribution >= 4 is 21.8 Å². The van der Waals surface area contributed by atoms with Gasteiger partial charge < -0.3 is 9.55 Å². The van der Waals surface area contributed by atoms with Gasteiger partial charge in [0.15, 0.2) is 0 Å². The van der Waals surface area contributed by atoms with Gasteiger partial charge in [0.1, 0.15) is 0 Å². The molecule has 0 aliphatic heterocycles. The fraction of sp³-hybridized carbons (Fsp3) is 0.0923. The van der Waals surface area contributed by atoms with Crippen molar-refractivity contribution < 1.29 is 20.1 Å². The fourth-order valence-corrected chi connectivity index (χ4v) is 11.4. The van der Waals surface area contributed by atoms with Crippen LogP contribution in [-0.4, -0.2) is 9.55 Å². The van der Waals surface area contributed by atoms with Gasteiger partial charge in [0, 0.05) is 53.6 Å². The number of pyridine rings is 1. The Kier molecular flexibility index (Phi) is 9.78. The van der Waals surface area contributed by atoms with Crippen molar-refractivity contribution in [1.29, 1.82) is 0 Å². The van der Waals surface area contributed by atoms with E-state index in [4.69, 9.17) is 0 Å². The molecule has 68 heavy (non-hydrogen) atoms. The first-order chi connectivity index (χ1) is 32.7. The van der Waals surface area contributed by atoms with Crippen LogP contribution >= 0.6 is 0 Å². The predicted octanol–water partition coefficient (Wildman–Crippen LogP) is 16.9. The summed E-state index contributed by atoms with van der Waals surface area (Å²) in [5.74, 6) is 0. The largest absolute Gasteiger partial charge is 0.309 e. The molecule has 0 N–H and O–H groups in total. The third-order valence-corrected chi connectivity index (χ3v) is 14.9. The van der Waals surface area contributed by atoms with E-state index in [0.717, 1.165) is 33.6 Å². The van der Waals surface area contributed by atoms with Crippen molar-refractivity contribution in [3.05, 3.63) is 241 Å². The minimum Gasteiger partial charge on any atom is -0.309 e. The summed E-state index contributed by atoms with van der Waals surface area (Å²) >= 11 is 0. The summed E-state index contributed by atoms with van der Waals surface area (Å²) in [5.41, 5.74) is 25.7. The van der Waals surface area contributed by atoms with Crippen LogP contribution in [0.2, 0.25) is 0 Å². The monoisotopic (exact) mass is 1050 g/mol. The molecule has 2 nitrogen and oxygen atoms in total. The number of fused-ring (bicyclic) bond motifs is 9. The average molecular weight is 1050 g/mol. The van der Waals surface area contributed by atoms with Crippen LogP contribution in [0.5, 0.6) is 0 Å². The second kappa shape index (κ2) is 15.8. The first-order valence-electron chi connectivity index (χ1n) is 23.4. The van der Waals surface area contributed by atoms with Gasteiger partial charge >= 0.3 is 0 Å². The van der Waals surface area contributed by atoms with Crippen molar-refractivity contribution in [2.24, 2.45) is 0 Å². The van der Waals surface area contributed by atoms with E-state index in [9.17, 15) is 0 Å². The molecule has 0 fully saturated rings. The molecule has 9 aromatic carbocycles. The third kappa shape index (κ3) is 6.52. The molecule has 0 saturated heterocycles. The number of hydrogen-bond acceptors (Lipinski definition) is 1. The van der Waals surface area contributed by atoms with Gasteiger partial charge in [-0.05, 0) is 150 Å². The van der Waals surface area contributed by atoms with E-state index >= 15 is 0 Å². The quantitative estimate of drug-likeness (QED) is 0.152. The Morgan fingerprint density at radius 3 is 1.66 bits per heavy atom. The second-order valence-corrected chi connectivity index (χ2v) is 19.5. The normalized spacial score (nSPS) is 13.7. The van der Waals surface area contributed by atoms with Crippen molar-refractivity contribution in [1.82, 2.24) is 9.55 Å². The molecular weight excluding hydrogens is 1000 g/mol. The minimum atomic E-state index is -0.122. The number of benzene rings is 9. The Morgan fingerprint density at radius 1 is 0.382 bits per heavy atom. The smallest absolute Gasteiger partial charge is 0.0547 e. The molecule has 13 rings (SSSR count).